The van der Waals surface area contributed by atoms with E-state index in [-0.39, 0.29) is 6.04 Å². The lowest BCUT2D eigenvalue weighted by Gasteiger charge is -2.21. The molecule has 4 heteroatoms. The third-order valence-electron chi connectivity index (χ3n) is 3.53. The van der Waals surface area contributed by atoms with Gasteiger partial charge in [0.15, 0.2) is 0 Å². The summed E-state index contributed by atoms with van der Waals surface area (Å²) >= 11 is 7.06. The first-order chi connectivity index (χ1) is 10.1. The number of rotatable bonds is 6. The Hall–Kier alpha value is -0.710. The molecule has 0 aliphatic rings. The summed E-state index contributed by atoms with van der Waals surface area (Å²) in [6, 6.07) is 10.8. The molecule has 0 spiro atoms. The maximum atomic E-state index is 4.51. The van der Waals surface area contributed by atoms with Gasteiger partial charge in [-0.25, -0.2) is 0 Å². The number of nitrogens with zero attached hydrogens (tertiary/aromatic N) is 1. The maximum absolute atomic E-state index is 4.51. The number of pyridine rings is 1. The van der Waals surface area contributed by atoms with Gasteiger partial charge in [-0.3, -0.25) is 4.98 Å². The summed E-state index contributed by atoms with van der Waals surface area (Å²) in [5, 5.41) is 3.64. The van der Waals surface area contributed by atoms with Crippen LogP contribution in [-0.2, 0) is 6.42 Å². The first kappa shape index (κ1) is 16.7. The molecule has 1 unspecified atom stereocenters. The normalized spacial score (nSPS) is 12.4. The number of aromatic nitrogens is 1. The number of hydrogen-bond donors (Lipinski definition) is 1. The molecule has 112 valence electrons. The van der Waals surface area contributed by atoms with Crippen LogP contribution in [-0.4, -0.2) is 11.5 Å². The van der Waals surface area contributed by atoms with Crippen molar-refractivity contribution in [1.82, 2.24) is 10.3 Å². The highest BCUT2D eigenvalue weighted by molar-refractivity contribution is 9.10. The molecule has 1 N–H and O–H groups in total. The molecule has 2 nitrogen and oxygen atoms in total. The molecule has 0 saturated carbocycles. The quantitative estimate of drug-likeness (QED) is 0.706. The Kier molecular flexibility index (Phi) is 6.40. The highest BCUT2D eigenvalue weighted by Gasteiger charge is 2.15. The van der Waals surface area contributed by atoms with E-state index in [0.717, 1.165) is 34.0 Å². The van der Waals surface area contributed by atoms with Gasteiger partial charge in [0, 0.05) is 33.3 Å². The standard InChI is InChI=1S/C17H20Br2N2/c1-3-9-20-17(10-14-8-7-13(18)11-21-14)15-5-4-6-16(19)12(15)2/h4-8,11,17,20H,3,9-10H2,1-2H3. The van der Waals surface area contributed by atoms with Crippen LogP contribution in [0.5, 0.6) is 0 Å². The van der Waals surface area contributed by atoms with E-state index in [0.29, 0.717) is 0 Å². The van der Waals surface area contributed by atoms with E-state index in [9.17, 15) is 0 Å². The number of hydrogen-bond acceptors (Lipinski definition) is 2. The predicted octanol–water partition coefficient (Wildman–Crippen LogP) is 5.20. The number of nitrogens with one attached hydrogen (secondary N) is 1. The van der Waals surface area contributed by atoms with E-state index < -0.39 is 0 Å². The van der Waals surface area contributed by atoms with Crippen LogP contribution in [0, 0.1) is 6.92 Å². The molecule has 0 amide bonds. The van der Waals surface area contributed by atoms with E-state index in [1.54, 1.807) is 0 Å². The predicted molar refractivity (Wildman–Crippen MR) is 95.6 cm³/mol. The van der Waals surface area contributed by atoms with Crippen molar-refractivity contribution in [3.63, 3.8) is 0 Å². The first-order valence-corrected chi connectivity index (χ1v) is 8.79. The fraction of sp³-hybridized carbons (Fsp3) is 0.353. The van der Waals surface area contributed by atoms with Crippen molar-refractivity contribution in [1.29, 1.82) is 0 Å². The van der Waals surface area contributed by atoms with Gasteiger partial charge >= 0.3 is 0 Å². The van der Waals surface area contributed by atoms with Gasteiger partial charge in [-0.15, -0.1) is 0 Å². The molecule has 21 heavy (non-hydrogen) atoms. The Bertz CT molecular complexity index is 582. The minimum absolute atomic E-state index is 0.288. The third kappa shape index (κ3) is 4.63. The Balaban J connectivity index is 2.25. The molecule has 1 heterocycles. The molecule has 0 radical (unpaired) electrons. The molecule has 0 saturated heterocycles. The Morgan fingerprint density at radius 3 is 2.67 bits per heavy atom. The minimum atomic E-state index is 0.288. The second kappa shape index (κ2) is 8.06. The van der Waals surface area contributed by atoms with Crippen molar-refractivity contribution in [2.45, 2.75) is 32.7 Å². The summed E-state index contributed by atoms with van der Waals surface area (Å²) in [5.41, 5.74) is 3.73. The van der Waals surface area contributed by atoms with Gasteiger partial charge < -0.3 is 5.32 Å². The van der Waals surface area contributed by atoms with Gasteiger partial charge in [0.05, 0.1) is 0 Å². The van der Waals surface area contributed by atoms with Crippen molar-refractivity contribution in [3.05, 3.63) is 62.3 Å². The van der Waals surface area contributed by atoms with Crippen LogP contribution in [0.1, 0.15) is 36.2 Å². The van der Waals surface area contributed by atoms with Crippen molar-refractivity contribution < 1.29 is 0 Å². The van der Waals surface area contributed by atoms with Crippen LogP contribution in [0.3, 0.4) is 0 Å². The van der Waals surface area contributed by atoms with Crippen LogP contribution in [0.15, 0.2) is 45.5 Å². The van der Waals surface area contributed by atoms with E-state index in [1.807, 2.05) is 12.3 Å². The largest absolute Gasteiger partial charge is 0.310 e. The van der Waals surface area contributed by atoms with Crippen LogP contribution < -0.4 is 5.32 Å². The molecule has 1 aromatic heterocycles. The molecule has 1 aromatic carbocycles. The van der Waals surface area contributed by atoms with Crippen molar-refractivity contribution in [2.24, 2.45) is 0 Å². The van der Waals surface area contributed by atoms with E-state index in [4.69, 9.17) is 0 Å². The zero-order chi connectivity index (χ0) is 15.2. The Labute approximate surface area is 143 Å². The Morgan fingerprint density at radius 2 is 2.00 bits per heavy atom. The summed E-state index contributed by atoms with van der Waals surface area (Å²) in [6.07, 6.45) is 3.88. The zero-order valence-corrected chi connectivity index (χ0v) is 15.5. The van der Waals surface area contributed by atoms with Gasteiger partial charge in [-0.2, -0.15) is 0 Å². The van der Waals surface area contributed by atoms with Crippen molar-refractivity contribution in [2.75, 3.05) is 6.54 Å². The molecule has 2 rings (SSSR count). The van der Waals surface area contributed by atoms with E-state index in [1.165, 1.54) is 11.1 Å². The summed E-state index contributed by atoms with van der Waals surface area (Å²) in [4.78, 5) is 4.51. The molecule has 0 fully saturated rings. The molecular formula is C17H20Br2N2. The van der Waals surface area contributed by atoms with Crippen LogP contribution in [0.4, 0.5) is 0 Å². The van der Waals surface area contributed by atoms with Crippen LogP contribution >= 0.6 is 31.9 Å². The lowest BCUT2D eigenvalue weighted by molar-refractivity contribution is 0.522. The fourth-order valence-corrected chi connectivity index (χ4v) is 2.96. The van der Waals surface area contributed by atoms with Crippen molar-refractivity contribution >= 4 is 31.9 Å². The summed E-state index contributed by atoms with van der Waals surface area (Å²) in [7, 11) is 0. The highest BCUT2D eigenvalue weighted by Crippen LogP contribution is 2.27. The van der Waals surface area contributed by atoms with Crippen LogP contribution in [0.25, 0.3) is 0 Å². The molecule has 0 bridgehead atoms. The second-order valence-corrected chi connectivity index (χ2v) is 6.90. The lowest BCUT2D eigenvalue weighted by Crippen LogP contribution is -2.25. The smallest absolute Gasteiger partial charge is 0.0423 e. The average Bonchev–Trinajstić information content (AvgIpc) is 2.48. The third-order valence-corrected chi connectivity index (χ3v) is 4.86. The monoisotopic (exact) mass is 410 g/mol. The molecular weight excluding hydrogens is 392 g/mol. The number of benzene rings is 1. The fourth-order valence-electron chi connectivity index (χ4n) is 2.35. The topological polar surface area (TPSA) is 24.9 Å². The second-order valence-electron chi connectivity index (χ2n) is 5.13. The average molecular weight is 412 g/mol. The Morgan fingerprint density at radius 1 is 1.19 bits per heavy atom. The molecule has 0 aliphatic carbocycles. The van der Waals surface area contributed by atoms with Gasteiger partial charge in [0.2, 0.25) is 0 Å². The van der Waals surface area contributed by atoms with Crippen LogP contribution in [0.2, 0.25) is 0 Å². The maximum Gasteiger partial charge on any atom is 0.0423 e. The summed E-state index contributed by atoms with van der Waals surface area (Å²) in [6.45, 7) is 5.36. The zero-order valence-electron chi connectivity index (χ0n) is 12.4. The molecule has 1 atom stereocenters. The van der Waals surface area contributed by atoms with Gasteiger partial charge in [0.1, 0.15) is 0 Å². The van der Waals surface area contributed by atoms with Crippen molar-refractivity contribution in [3.8, 4) is 0 Å². The first-order valence-electron chi connectivity index (χ1n) is 7.20. The van der Waals surface area contributed by atoms with E-state index >= 15 is 0 Å². The summed E-state index contributed by atoms with van der Waals surface area (Å²) < 4.78 is 2.18. The lowest BCUT2D eigenvalue weighted by atomic mass is 9.97. The van der Waals surface area contributed by atoms with Gasteiger partial charge in [0.25, 0.3) is 0 Å². The highest BCUT2D eigenvalue weighted by atomic mass is 79.9. The van der Waals surface area contributed by atoms with Gasteiger partial charge in [-0.1, -0.05) is 35.0 Å². The van der Waals surface area contributed by atoms with Gasteiger partial charge in [-0.05, 0) is 65.1 Å². The summed E-state index contributed by atoms with van der Waals surface area (Å²) in [5.74, 6) is 0. The molecule has 2 aromatic rings. The number of halogens is 2. The minimum Gasteiger partial charge on any atom is -0.310 e. The SMILES string of the molecule is CCCNC(Cc1ccc(Br)cn1)c1cccc(Br)c1C. The van der Waals surface area contributed by atoms with E-state index in [2.05, 4.69) is 80.3 Å². The molecule has 0 aliphatic heterocycles.